The Balaban J connectivity index is 1.68. The van der Waals surface area contributed by atoms with Crippen molar-refractivity contribution < 1.29 is 13.9 Å². The number of hydrogen-bond acceptors (Lipinski definition) is 5. The van der Waals surface area contributed by atoms with E-state index in [1.54, 1.807) is 17.7 Å². The van der Waals surface area contributed by atoms with Crippen LogP contribution in [0.2, 0.25) is 0 Å². The van der Waals surface area contributed by atoms with E-state index in [4.69, 9.17) is 9.47 Å². The van der Waals surface area contributed by atoms with Gasteiger partial charge in [0.25, 0.3) is 0 Å². The molecule has 0 saturated carbocycles. The fraction of sp³-hybridized carbons (Fsp3) is 0.211. The number of nitrogens with zero attached hydrogens (tertiary/aromatic N) is 3. The van der Waals surface area contributed by atoms with E-state index < -0.39 is 5.82 Å². The summed E-state index contributed by atoms with van der Waals surface area (Å²) >= 11 is 0. The molecule has 6 nitrogen and oxygen atoms in total. The first kappa shape index (κ1) is 16.3. The minimum atomic E-state index is -0.459. The molecule has 1 aliphatic heterocycles. The Morgan fingerprint density at radius 1 is 1.27 bits per heavy atom. The molecule has 0 spiro atoms. The molecule has 0 saturated heterocycles. The maximum atomic E-state index is 13.7. The van der Waals surface area contributed by atoms with Crippen molar-refractivity contribution in [2.45, 2.75) is 19.6 Å². The maximum absolute atomic E-state index is 13.7. The summed E-state index contributed by atoms with van der Waals surface area (Å²) in [6.45, 7) is 0.439. The van der Waals surface area contributed by atoms with Gasteiger partial charge in [-0.15, -0.1) is 0 Å². The second kappa shape index (κ2) is 6.59. The Labute approximate surface area is 148 Å². The monoisotopic (exact) mass is 353 g/mol. The first-order chi connectivity index (χ1) is 12.7. The minimum Gasteiger partial charge on any atom is -0.497 e. The lowest BCUT2D eigenvalue weighted by molar-refractivity contribution is 0.280. The third-order valence-electron chi connectivity index (χ3n) is 4.37. The topological polar surface area (TPSA) is 66.2 Å². The highest BCUT2D eigenvalue weighted by Gasteiger charge is 2.19. The third kappa shape index (κ3) is 2.92. The van der Waals surface area contributed by atoms with Crippen molar-refractivity contribution >= 4 is 0 Å². The summed E-state index contributed by atoms with van der Waals surface area (Å²) in [5.41, 5.74) is 2.53. The molecule has 3 aromatic rings. The van der Waals surface area contributed by atoms with Crippen LogP contribution in [0.1, 0.15) is 11.3 Å². The third-order valence-corrected chi connectivity index (χ3v) is 4.37. The lowest BCUT2D eigenvalue weighted by atomic mass is 9.97. The van der Waals surface area contributed by atoms with Crippen LogP contribution < -0.4 is 15.2 Å². The van der Waals surface area contributed by atoms with Crippen molar-refractivity contribution in [3.8, 4) is 22.9 Å². The number of halogens is 1. The molecule has 7 heteroatoms. The van der Waals surface area contributed by atoms with Gasteiger partial charge in [0.2, 0.25) is 5.88 Å². The van der Waals surface area contributed by atoms with Crippen LogP contribution in [0.15, 0.2) is 47.4 Å². The van der Waals surface area contributed by atoms with Crippen molar-refractivity contribution in [1.29, 1.82) is 0 Å². The van der Waals surface area contributed by atoms with Crippen LogP contribution in [-0.2, 0) is 19.6 Å². The van der Waals surface area contributed by atoms with Gasteiger partial charge in [-0.25, -0.2) is 9.18 Å². The van der Waals surface area contributed by atoms with Gasteiger partial charge in [-0.3, -0.25) is 9.55 Å². The molecule has 0 radical (unpaired) electrons. The lowest BCUT2D eigenvalue weighted by Gasteiger charge is -2.22. The van der Waals surface area contributed by atoms with Gasteiger partial charge in [-0.1, -0.05) is 0 Å². The first-order valence-corrected chi connectivity index (χ1v) is 8.17. The quantitative estimate of drug-likeness (QED) is 0.721. The second-order valence-electron chi connectivity index (χ2n) is 5.91. The zero-order valence-electron chi connectivity index (χ0n) is 14.1. The van der Waals surface area contributed by atoms with E-state index in [9.17, 15) is 9.18 Å². The molecule has 1 aromatic carbocycles. The van der Waals surface area contributed by atoms with Gasteiger partial charge in [-0.2, -0.15) is 4.98 Å². The van der Waals surface area contributed by atoms with E-state index in [0.29, 0.717) is 6.54 Å². The molecule has 0 N–H and O–H groups in total. The number of rotatable bonds is 4. The molecule has 0 unspecified atom stereocenters. The van der Waals surface area contributed by atoms with E-state index in [1.165, 1.54) is 18.3 Å². The number of methoxy groups -OCH3 is 1. The van der Waals surface area contributed by atoms with E-state index in [0.717, 1.165) is 29.0 Å². The summed E-state index contributed by atoms with van der Waals surface area (Å²) in [4.78, 5) is 20.2. The number of pyridine rings is 1. The number of hydrogen-bond donors (Lipinski definition) is 0. The number of fused-ring (bicyclic) bond motifs is 3. The number of benzene rings is 1. The van der Waals surface area contributed by atoms with Gasteiger partial charge >= 0.3 is 5.69 Å². The van der Waals surface area contributed by atoms with E-state index in [-0.39, 0.29) is 23.9 Å². The van der Waals surface area contributed by atoms with Gasteiger partial charge < -0.3 is 9.47 Å². The minimum absolute atomic E-state index is 0.0992. The average Bonchev–Trinajstić information content (AvgIpc) is 2.66. The Kier molecular flexibility index (Phi) is 4.12. The van der Waals surface area contributed by atoms with E-state index in [2.05, 4.69) is 9.97 Å². The predicted octanol–water partition coefficient (Wildman–Crippen LogP) is 2.59. The maximum Gasteiger partial charge on any atom is 0.351 e. The number of ether oxygens (including phenoxy) is 2. The standard InChI is InChI=1S/C19H16FN3O3/c1-25-13-4-5-14-12(9-13)6-8-23-17(14)10-18(22-19(23)24)26-11-16-15(20)3-2-7-21-16/h2-5,7,9-10H,6,8,11H2,1H3. The van der Waals surface area contributed by atoms with Crippen LogP contribution in [-0.4, -0.2) is 21.6 Å². The predicted molar refractivity (Wildman–Crippen MR) is 92.7 cm³/mol. The zero-order valence-corrected chi connectivity index (χ0v) is 14.1. The summed E-state index contributed by atoms with van der Waals surface area (Å²) in [5.74, 6) is 0.463. The highest BCUT2D eigenvalue weighted by Crippen LogP contribution is 2.32. The Bertz CT molecular complexity index is 1030. The largest absolute Gasteiger partial charge is 0.497 e. The molecule has 4 rings (SSSR count). The molecule has 0 atom stereocenters. The SMILES string of the molecule is COc1ccc2c(c1)CCn1c-2cc(OCc2ncccc2F)nc1=O. The zero-order chi connectivity index (χ0) is 18.1. The van der Waals surface area contributed by atoms with Crippen molar-refractivity contribution in [1.82, 2.24) is 14.5 Å². The van der Waals surface area contributed by atoms with Gasteiger partial charge in [0.1, 0.15) is 23.9 Å². The highest BCUT2D eigenvalue weighted by molar-refractivity contribution is 5.67. The number of aryl methyl sites for hydroxylation is 1. The molecule has 3 heterocycles. The summed E-state index contributed by atoms with van der Waals surface area (Å²) in [6, 6.07) is 10.3. The van der Waals surface area contributed by atoms with Crippen LogP contribution in [0, 0.1) is 5.82 Å². The molecule has 0 amide bonds. The molecule has 0 fully saturated rings. The second-order valence-corrected chi connectivity index (χ2v) is 5.91. The smallest absolute Gasteiger partial charge is 0.351 e. The molecular formula is C19H16FN3O3. The summed E-state index contributed by atoms with van der Waals surface area (Å²) < 4.78 is 26.1. The van der Waals surface area contributed by atoms with Crippen molar-refractivity contribution in [2.75, 3.05) is 7.11 Å². The molecule has 0 bridgehead atoms. The van der Waals surface area contributed by atoms with Crippen molar-refractivity contribution in [3.63, 3.8) is 0 Å². The van der Waals surface area contributed by atoms with Gasteiger partial charge in [0.05, 0.1) is 12.8 Å². The van der Waals surface area contributed by atoms with Gasteiger partial charge in [0.15, 0.2) is 0 Å². The Hall–Kier alpha value is -3.22. The fourth-order valence-corrected chi connectivity index (χ4v) is 3.05. The van der Waals surface area contributed by atoms with E-state index in [1.807, 2.05) is 18.2 Å². The summed E-state index contributed by atoms with van der Waals surface area (Å²) in [5, 5.41) is 0. The van der Waals surface area contributed by atoms with Crippen LogP contribution in [0.4, 0.5) is 4.39 Å². The normalized spacial score (nSPS) is 12.2. The fourth-order valence-electron chi connectivity index (χ4n) is 3.05. The molecule has 132 valence electrons. The summed E-state index contributed by atoms with van der Waals surface area (Å²) in [7, 11) is 1.62. The van der Waals surface area contributed by atoms with Gasteiger partial charge in [0, 0.05) is 24.4 Å². The van der Waals surface area contributed by atoms with E-state index >= 15 is 0 Å². The van der Waals surface area contributed by atoms with Crippen LogP contribution in [0.25, 0.3) is 11.3 Å². The molecule has 0 aliphatic carbocycles. The van der Waals surface area contributed by atoms with Gasteiger partial charge in [-0.05, 0) is 42.3 Å². The molecule has 26 heavy (non-hydrogen) atoms. The Morgan fingerprint density at radius 3 is 2.96 bits per heavy atom. The highest BCUT2D eigenvalue weighted by atomic mass is 19.1. The average molecular weight is 353 g/mol. The first-order valence-electron chi connectivity index (χ1n) is 8.17. The van der Waals surface area contributed by atoms with Crippen LogP contribution in [0.5, 0.6) is 11.6 Å². The molecular weight excluding hydrogens is 337 g/mol. The number of aromatic nitrogens is 3. The Morgan fingerprint density at radius 2 is 2.15 bits per heavy atom. The van der Waals surface area contributed by atoms with Crippen LogP contribution in [0.3, 0.4) is 0 Å². The van der Waals surface area contributed by atoms with Crippen molar-refractivity contribution in [2.24, 2.45) is 0 Å². The summed E-state index contributed by atoms with van der Waals surface area (Å²) in [6.07, 6.45) is 2.21. The van der Waals surface area contributed by atoms with Crippen LogP contribution >= 0.6 is 0 Å². The lowest BCUT2D eigenvalue weighted by Crippen LogP contribution is -2.28. The molecule has 2 aromatic heterocycles. The molecule has 1 aliphatic rings. The van der Waals surface area contributed by atoms with Crippen molar-refractivity contribution in [3.05, 3.63) is 70.2 Å².